The van der Waals surface area contributed by atoms with Gasteiger partial charge in [-0.15, -0.1) is 0 Å². The number of nitrogens with zero attached hydrogens (tertiary/aromatic N) is 3. The van der Waals surface area contributed by atoms with Crippen LogP contribution >= 0.6 is 0 Å². The standard InChI is InChI=1S/C11H17N3O2/c1-5-13(6-2)10-8(3)7-12-9(4)11(10)14(15)16/h7H,5-6H2,1-4H3. The van der Waals surface area contributed by atoms with Crippen LogP contribution in [0.2, 0.25) is 0 Å². The summed E-state index contributed by atoms with van der Waals surface area (Å²) in [6, 6.07) is 0. The summed E-state index contributed by atoms with van der Waals surface area (Å²) < 4.78 is 0. The Morgan fingerprint density at radius 1 is 1.38 bits per heavy atom. The Hall–Kier alpha value is -1.65. The molecule has 1 heterocycles. The second-order valence-electron chi connectivity index (χ2n) is 3.65. The average molecular weight is 223 g/mol. The summed E-state index contributed by atoms with van der Waals surface area (Å²) in [4.78, 5) is 16.8. The zero-order valence-corrected chi connectivity index (χ0v) is 10.1. The lowest BCUT2D eigenvalue weighted by Crippen LogP contribution is -2.24. The van der Waals surface area contributed by atoms with Crippen molar-refractivity contribution in [1.29, 1.82) is 0 Å². The number of aromatic nitrogens is 1. The van der Waals surface area contributed by atoms with Crippen molar-refractivity contribution in [2.24, 2.45) is 0 Å². The van der Waals surface area contributed by atoms with Crippen LogP contribution in [0.5, 0.6) is 0 Å². The summed E-state index contributed by atoms with van der Waals surface area (Å²) in [7, 11) is 0. The molecule has 1 aromatic heterocycles. The molecule has 0 radical (unpaired) electrons. The van der Waals surface area contributed by atoms with Gasteiger partial charge in [0.1, 0.15) is 11.4 Å². The Morgan fingerprint density at radius 3 is 2.38 bits per heavy atom. The van der Waals surface area contributed by atoms with E-state index >= 15 is 0 Å². The van der Waals surface area contributed by atoms with E-state index < -0.39 is 0 Å². The Balaban J connectivity index is 3.44. The zero-order chi connectivity index (χ0) is 12.3. The highest BCUT2D eigenvalue weighted by molar-refractivity contribution is 5.68. The highest BCUT2D eigenvalue weighted by Crippen LogP contribution is 2.33. The molecule has 0 amide bonds. The number of anilines is 1. The van der Waals surface area contributed by atoms with Crippen molar-refractivity contribution in [3.63, 3.8) is 0 Å². The Kier molecular flexibility index (Phi) is 3.82. The van der Waals surface area contributed by atoms with Gasteiger partial charge in [0.15, 0.2) is 0 Å². The molecule has 0 N–H and O–H groups in total. The van der Waals surface area contributed by atoms with E-state index in [1.807, 2.05) is 25.7 Å². The second kappa shape index (κ2) is 4.92. The van der Waals surface area contributed by atoms with Gasteiger partial charge in [0.25, 0.3) is 0 Å². The Morgan fingerprint density at radius 2 is 1.94 bits per heavy atom. The minimum Gasteiger partial charge on any atom is -0.366 e. The molecule has 0 atom stereocenters. The lowest BCUT2D eigenvalue weighted by molar-refractivity contribution is -0.385. The van der Waals surface area contributed by atoms with E-state index in [-0.39, 0.29) is 10.6 Å². The molecule has 0 bridgehead atoms. The van der Waals surface area contributed by atoms with Crippen LogP contribution in [-0.4, -0.2) is 23.0 Å². The van der Waals surface area contributed by atoms with Crippen LogP contribution in [0.3, 0.4) is 0 Å². The molecule has 0 aliphatic carbocycles. The van der Waals surface area contributed by atoms with Crippen LogP contribution in [0.25, 0.3) is 0 Å². The van der Waals surface area contributed by atoms with Crippen molar-refractivity contribution in [3.05, 3.63) is 27.6 Å². The molecule has 5 nitrogen and oxygen atoms in total. The SMILES string of the molecule is CCN(CC)c1c(C)cnc(C)c1[N+](=O)[O-]. The monoisotopic (exact) mass is 223 g/mol. The van der Waals surface area contributed by atoms with Gasteiger partial charge in [-0.3, -0.25) is 15.1 Å². The predicted molar refractivity (Wildman–Crippen MR) is 63.9 cm³/mol. The fourth-order valence-corrected chi connectivity index (χ4v) is 1.83. The molecule has 0 unspecified atom stereocenters. The van der Waals surface area contributed by atoms with Crippen molar-refractivity contribution in [2.45, 2.75) is 27.7 Å². The summed E-state index contributed by atoms with van der Waals surface area (Å²) in [5, 5.41) is 11.1. The van der Waals surface area contributed by atoms with Crippen LogP contribution in [-0.2, 0) is 0 Å². The van der Waals surface area contributed by atoms with Crippen LogP contribution in [0.4, 0.5) is 11.4 Å². The van der Waals surface area contributed by atoms with Crippen LogP contribution in [0, 0.1) is 24.0 Å². The number of pyridine rings is 1. The summed E-state index contributed by atoms with van der Waals surface area (Å²) in [6.45, 7) is 9.01. The van der Waals surface area contributed by atoms with E-state index in [9.17, 15) is 10.1 Å². The molecule has 0 fully saturated rings. The molecule has 1 aromatic rings. The van der Waals surface area contributed by atoms with Crippen molar-refractivity contribution >= 4 is 11.4 Å². The largest absolute Gasteiger partial charge is 0.366 e. The molecular formula is C11H17N3O2. The third-order valence-electron chi connectivity index (χ3n) is 2.65. The molecule has 0 aliphatic rings. The lowest BCUT2D eigenvalue weighted by Gasteiger charge is -2.22. The van der Waals surface area contributed by atoms with Gasteiger partial charge in [-0.05, 0) is 33.3 Å². The minimum atomic E-state index is -0.344. The van der Waals surface area contributed by atoms with Crippen LogP contribution in [0.15, 0.2) is 6.20 Å². The van der Waals surface area contributed by atoms with Gasteiger partial charge in [0.05, 0.1) is 4.92 Å². The maximum Gasteiger partial charge on any atom is 0.313 e. The molecule has 0 spiro atoms. The molecule has 1 rings (SSSR count). The minimum absolute atomic E-state index is 0.128. The number of hydrogen-bond acceptors (Lipinski definition) is 4. The maximum atomic E-state index is 11.1. The molecular weight excluding hydrogens is 206 g/mol. The number of rotatable bonds is 4. The van der Waals surface area contributed by atoms with E-state index in [0.717, 1.165) is 18.7 Å². The number of nitro groups is 1. The Labute approximate surface area is 95.3 Å². The van der Waals surface area contributed by atoms with Gasteiger partial charge >= 0.3 is 5.69 Å². The highest BCUT2D eigenvalue weighted by Gasteiger charge is 2.23. The smallest absolute Gasteiger partial charge is 0.313 e. The van der Waals surface area contributed by atoms with Crippen molar-refractivity contribution < 1.29 is 4.92 Å². The van der Waals surface area contributed by atoms with Gasteiger partial charge in [-0.2, -0.15) is 0 Å². The molecule has 0 aliphatic heterocycles. The first-order valence-electron chi connectivity index (χ1n) is 5.38. The third kappa shape index (κ3) is 2.13. The normalized spacial score (nSPS) is 10.2. The first kappa shape index (κ1) is 12.4. The quantitative estimate of drug-likeness (QED) is 0.581. The van der Waals surface area contributed by atoms with Crippen LogP contribution < -0.4 is 4.90 Å². The summed E-state index contributed by atoms with van der Waals surface area (Å²) >= 11 is 0. The first-order valence-corrected chi connectivity index (χ1v) is 5.38. The van der Waals surface area contributed by atoms with E-state index in [0.29, 0.717) is 11.4 Å². The predicted octanol–water partition coefficient (Wildman–Crippen LogP) is 2.45. The van der Waals surface area contributed by atoms with Crippen molar-refractivity contribution in [1.82, 2.24) is 4.98 Å². The maximum absolute atomic E-state index is 11.1. The summed E-state index contributed by atoms with van der Waals surface area (Å²) in [5.41, 5.74) is 2.14. The highest BCUT2D eigenvalue weighted by atomic mass is 16.6. The molecule has 16 heavy (non-hydrogen) atoms. The fraction of sp³-hybridized carbons (Fsp3) is 0.545. The molecule has 0 aromatic carbocycles. The van der Waals surface area contributed by atoms with Gasteiger partial charge < -0.3 is 4.90 Å². The van der Waals surface area contributed by atoms with E-state index in [1.54, 1.807) is 13.1 Å². The van der Waals surface area contributed by atoms with Gasteiger partial charge in [-0.1, -0.05) is 0 Å². The third-order valence-corrected chi connectivity index (χ3v) is 2.65. The molecule has 5 heteroatoms. The van der Waals surface area contributed by atoms with Crippen molar-refractivity contribution in [2.75, 3.05) is 18.0 Å². The topological polar surface area (TPSA) is 59.3 Å². The van der Waals surface area contributed by atoms with Gasteiger partial charge in [0.2, 0.25) is 0 Å². The van der Waals surface area contributed by atoms with Gasteiger partial charge in [-0.25, -0.2) is 0 Å². The first-order chi connectivity index (χ1) is 7.52. The van der Waals surface area contributed by atoms with Crippen molar-refractivity contribution in [3.8, 4) is 0 Å². The van der Waals surface area contributed by atoms with E-state index in [1.165, 1.54) is 0 Å². The summed E-state index contributed by atoms with van der Waals surface area (Å²) in [6.07, 6.45) is 1.69. The summed E-state index contributed by atoms with van der Waals surface area (Å²) in [5.74, 6) is 0. The molecule has 0 saturated heterocycles. The van der Waals surface area contributed by atoms with Gasteiger partial charge in [0, 0.05) is 19.3 Å². The number of hydrogen-bond donors (Lipinski definition) is 0. The Bertz CT molecular complexity index is 400. The molecule has 0 saturated carbocycles. The second-order valence-corrected chi connectivity index (χ2v) is 3.65. The fourth-order valence-electron chi connectivity index (χ4n) is 1.83. The lowest BCUT2D eigenvalue weighted by atomic mass is 10.1. The number of aryl methyl sites for hydroxylation is 2. The van der Waals surface area contributed by atoms with E-state index in [2.05, 4.69) is 4.98 Å². The van der Waals surface area contributed by atoms with E-state index in [4.69, 9.17) is 0 Å². The zero-order valence-electron chi connectivity index (χ0n) is 10.1. The van der Waals surface area contributed by atoms with Crippen LogP contribution in [0.1, 0.15) is 25.1 Å². The average Bonchev–Trinajstić information content (AvgIpc) is 2.24. The molecule has 88 valence electrons.